The Bertz CT molecular complexity index is 1070. The molecule has 0 bridgehead atoms. The van der Waals surface area contributed by atoms with E-state index in [0.29, 0.717) is 26.4 Å². The number of hydrogen-bond acceptors (Lipinski definition) is 7. The van der Waals surface area contributed by atoms with E-state index in [4.69, 9.17) is 14.2 Å². The van der Waals surface area contributed by atoms with Crippen molar-refractivity contribution in [2.75, 3.05) is 20.3 Å². The van der Waals surface area contributed by atoms with Gasteiger partial charge in [0.05, 0.1) is 29.6 Å². The molecule has 2 aromatic rings. The van der Waals surface area contributed by atoms with Gasteiger partial charge in [-0.15, -0.1) is 0 Å². The number of nitrogens with zero attached hydrogens (tertiary/aromatic N) is 1. The van der Waals surface area contributed by atoms with Crippen molar-refractivity contribution in [2.24, 2.45) is 0 Å². The molecular formula is C23H22BrNO6S. The fourth-order valence-electron chi connectivity index (χ4n) is 2.96. The number of carbonyl (C=O) groups excluding carboxylic acids is 3. The Hall–Kier alpha value is -2.78. The Morgan fingerprint density at radius 3 is 2.56 bits per heavy atom. The number of benzene rings is 2. The number of hydrogen-bond donors (Lipinski definition) is 0. The molecule has 1 aliphatic rings. The van der Waals surface area contributed by atoms with Crippen LogP contribution in [-0.2, 0) is 20.9 Å². The Labute approximate surface area is 198 Å². The Kier molecular flexibility index (Phi) is 7.98. The molecule has 0 unspecified atom stereocenters. The first-order chi connectivity index (χ1) is 15.3. The van der Waals surface area contributed by atoms with E-state index in [0.717, 1.165) is 22.9 Å². The first-order valence-corrected chi connectivity index (χ1v) is 11.4. The molecule has 0 aromatic heterocycles. The highest BCUT2D eigenvalue weighted by atomic mass is 79.9. The fraction of sp³-hybridized carbons (Fsp3) is 0.261. The smallest absolute Gasteiger partial charge is 0.344 e. The average molecular weight is 520 g/mol. The molecule has 1 saturated heterocycles. The number of imide groups is 1. The number of rotatable bonds is 8. The summed E-state index contributed by atoms with van der Waals surface area (Å²) in [5.41, 5.74) is 2.63. The number of carbonyl (C=O) groups is 3. The average Bonchev–Trinajstić information content (AvgIpc) is 3.01. The highest BCUT2D eigenvalue weighted by Gasteiger charge is 2.35. The molecule has 1 aliphatic heterocycles. The van der Waals surface area contributed by atoms with Gasteiger partial charge in [-0.3, -0.25) is 14.5 Å². The minimum Gasteiger partial charge on any atom is -0.493 e. The molecule has 1 heterocycles. The van der Waals surface area contributed by atoms with E-state index in [1.165, 1.54) is 12.0 Å². The number of halogens is 1. The lowest BCUT2D eigenvalue weighted by Gasteiger charge is -2.13. The molecule has 0 saturated carbocycles. The summed E-state index contributed by atoms with van der Waals surface area (Å²) in [5.74, 6) is -0.134. The Morgan fingerprint density at radius 1 is 1.19 bits per heavy atom. The van der Waals surface area contributed by atoms with Crippen LogP contribution in [0, 0.1) is 6.92 Å². The summed E-state index contributed by atoms with van der Waals surface area (Å²) in [6.07, 6.45) is 1.63. The fourth-order valence-corrected chi connectivity index (χ4v) is 4.37. The molecule has 7 nitrogen and oxygen atoms in total. The molecule has 2 aromatic carbocycles. The molecule has 0 radical (unpaired) electrons. The van der Waals surface area contributed by atoms with Gasteiger partial charge in [0.1, 0.15) is 0 Å². The summed E-state index contributed by atoms with van der Waals surface area (Å²) < 4.78 is 16.3. The van der Waals surface area contributed by atoms with Crippen molar-refractivity contribution in [2.45, 2.75) is 20.4 Å². The minimum atomic E-state index is -0.493. The monoisotopic (exact) mass is 519 g/mol. The van der Waals surface area contributed by atoms with Gasteiger partial charge >= 0.3 is 5.97 Å². The van der Waals surface area contributed by atoms with Gasteiger partial charge in [0.15, 0.2) is 18.1 Å². The molecule has 2 amide bonds. The normalized spacial score (nSPS) is 14.8. The SMILES string of the molecule is CCOC(=O)COc1c(Br)cc(/C=C2\SC(=O)N(Cc3ccc(C)cc3)C2=O)cc1OC. The van der Waals surface area contributed by atoms with Gasteiger partial charge in [-0.2, -0.15) is 0 Å². The van der Waals surface area contributed by atoms with Gasteiger partial charge in [0.25, 0.3) is 11.1 Å². The molecule has 3 rings (SSSR count). The molecule has 0 spiro atoms. The van der Waals surface area contributed by atoms with Crippen LogP contribution in [-0.4, -0.2) is 42.3 Å². The van der Waals surface area contributed by atoms with Crippen molar-refractivity contribution in [3.8, 4) is 11.5 Å². The first-order valence-electron chi connectivity index (χ1n) is 9.79. The second kappa shape index (κ2) is 10.7. The van der Waals surface area contributed by atoms with Crippen molar-refractivity contribution in [1.82, 2.24) is 4.90 Å². The summed E-state index contributed by atoms with van der Waals surface area (Å²) in [6.45, 7) is 3.91. The molecule has 32 heavy (non-hydrogen) atoms. The van der Waals surface area contributed by atoms with Crippen molar-refractivity contribution >= 4 is 50.9 Å². The van der Waals surface area contributed by atoms with Gasteiger partial charge in [-0.05, 0) is 70.9 Å². The van der Waals surface area contributed by atoms with Gasteiger partial charge in [0.2, 0.25) is 0 Å². The predicted molar refractivity (Wildman–Crippen MR) is 126 cm³/mol. The Balaban J connectivity index is 1.79. The standard InChI is InChI=1S/C23H22BrNO6S/c1-4-30-20(26)13-31-21-17(24)9-16(10-18(21)29-3)11-19-22(27)25(23(28)32-19)12-15-7-5-14(2)6-8-15/h5-11H,4,12-13H2,1-3H3/b19-11-. The number of esters is 1. The van der Waals surface area contributed by atoms with Crippen LogP contribution in [0.3, 0.4) is 0 Å². The van der Waals surface area contributed by atoms with E-state index in [-0.39, 0.29) is 30.9 Å². The van der Waals surface area contributed by atoms with Crippen molar-refractivity contribution in [3.05, 3.63) is 62.5 Å². The van der Waals surface area contributed by atoms with E-state index in [1.807, 2.05) is 31.2 Å². The van der Waals surface area contributed by atoms with Crippen molar-refractivity contribution in [3.63, 3.8) is 0 Å². The maximum atomic E-state index is 12.8. The third-order valence-corrected chi connectivity index (χ3v) is 6.02. The summed E-state index contributed by atoms with van der Waals surface area (Å²) in [7, 11) is 1.47. The lowest BCUT2D eigenvalue weighted by molar-refractivity contribution is -0.145. The van der Waals surface area contributed by atoms with Crippen LogP contribution in [0.15, 0.2) is 45.8 Å². The van der Waals surface area contributed by atoms with Crippen LogP contribution in [0.25, 0.3) is 6.08 Å². The minimum absolute atomic E-state index is 0.218. The van der Waals surface area contributed by atoms with Crippen LogP contribution in [0.2, 0.25) is 0 Å². The quantitative estimate of drug-likeness (QED) is 0.360. The lowest BCUT2D eigenvalue weighted by atomic mass is 10.1. The van der Waals surface area contributed by atoms with Gasteiger partial charge in [0, 0.05) is 0 Å². The zero-order valence-corrected chi connectivity index (χ0v) is 20.2. The molecule has 0 aliphatic carbocycles. The predicted octanol–water partition coefficient (Wildman–Crippen LogP) is 4.94. The van der Waals surface area contributed by atoms with E-state index in [9.17, 15) is 14.4 Å². The zero-order chi connectivity index (χ0) is 23.3. The molecule has 9 heteroatoms. The highest BCUT2D eigenvalue weighted by Crippen LogP contribution is 2.39. The van der Waals surface area contributed by atoms with E-state index in [1.54, 1.807) is 25.1 Å². The molecule has 0 N–H and O–H groups in total. The molecule has 0 atom stereocenters. The van der Waals surface area contributed by atoms with Crippen molar-refractivity contribution in [1.29, 1.82) is 0 Å². The highest BCUT2D eigenvalue weighted by molar-refractivity contribution is 9.10. The van der Waals surface area contributed by atoms with Crippen LogP contribution in [0.4, 0.5) is 4.79 Å². The third-order valence-electron chi connectivity index (χ3n) is 4.52. The molecule has 168 valence electrons. The van der Waals surface area contributed by atoms with E-state index >= 15 is 0 Å². The maximum Gasteiger partial charge on any atom is 0.344 e. The van der Waals surface area contributed by atoms with Crippen LogP contribution >= 0.6 is 27.7 Å². The second-order valence-electron chi connectivity index (χ2n) is 6.88. The number of methoxy groups -OCH3 is 1. The topological polar surface area (TPSA) is 82.1 Å². The Morgan fingerprint density at radius 2 is 1.91 bits per heavy atom. The third kappa shape index (κ3) is 5.72. The summed E-state index contributed by atoms with van der Waals surface area (Å²) in [6, 6.07) is 11.1. The van der Waals surface area contributed by atoms with Crippen molar-refractivity contribution < 1.29 is 28.6 Å². The van der Waals surface area contributed by atoms with Crippen LogP contribution < -0.4 is 9.47 Å². The molecule has 1 fully saturated rings. The number of aryl methyl sites for hydroxylation is 1. The number of thioether (sulfide) groups is 1. The number of amides is 2. The van der Waals surface area contributed by atoms with Crippen LogP contribution in [0.5, 0.6) is 11.5 Å². The summed E-state index contributed by atoms with van der Waals surface area (Å²) in [5, 5.41) is -0.317. The van der Waals surface area contributed by atoms with E-state index in [2.05, 4.69) is 15.9 Å². The van der Waals surface area contributed by atoms with E-state index < -0.39 is 5.97 Å². The van der Waals surface area contributed by atoms with Crippen LogP contribution in [0.1, 0.15) is 23.6 Å². The summed E-state index contributed by atoms with van der Waals surface area (Å²) >= 11 is 4.30. The van der Waals surface area contributed by atoms with Gasteiger partial charge in [-0.25, -0.2) is 4.79 Å². The summed E-state index contributed by atoms with van der Waals surface area (Å²) in [4.78, 5) is 38.4. The zero-order valence-electron chi connectivity index (χ0n) is 17.8. The largest absolute Gasteiger partial charge is 0.493 e. The van der Waals surface area contributed by atoms with Gasteiger partial charge in [-0.1, -0.05) is 29.8 Å². The maximum absolute atomic E-state index is 12.8. The number of ether oxygens (including phenoxy) is 3. The second-order valence-corrected chi connectivity index (χ2v) is 8.73. The molecular weight excluding hydrogens is 498 g/mol. The lowest BCUT2D eigenvalue weighted by Crippen LogP contribution is -2.27. The van der Waals surface area contributed by atoms with Gasteiger partial charge < -0.3 is 14.2 Å². The first kappa shape index (κ1) is 23.9.